The lowest BCUT2D eigenvalue weighted by atomic mass is 10.1. The maximum absolute atomic E-state index is 11.7. The third-order valence-corrected chi connectivity index (χ3v) is 3.14. The van der Waals surface area contributed by atoms with Gasteiger partial charge in [-0.1, -0.05) is 36.4 Å². The average molecular weight is 304 g/mol. The Kier molecular flexibility index (Phi) is 4.90. The topological polar surface area (TPSA) is 74.8 Å². The molecule has 2 N–H and O–H groups in total. The van der Waals surface area contributed by atoms with Crippen LogP contribution in [0.1, 0.15) is 5.69 Å². The summed E-state index contributed by atoms with van der Waals surface area (Å²) in [6.07, 6.45) is 1.29. The van der Waals surface area contributed by atoms with E-state index >= 15 is 0 Å². The predicted molar refractivity (Wildman–Crippen MR) is 81.0 cm³/mol. The van der Waals surface area contributed by atoms with E-state index in [0.717, 1.165) is 11.6 Å². The molecule has 0 aliphatic carbocycles. The van der Waals surface area contributed by atoms with Gasteiger partial charge >= 0.3 is 0 Å². The summed E-state index contributed by atoms with van der Waals surface area (Å²) in [7, 11) is 0. The zero-order valence-electron chi connectivity index (χ0n) is 11.2. The minimum atomic E-state index is -0.371. The van der Waals surface area contributed by atoms with Gasteiger partial charge in [-0.15, -0.1) is 0 Å². The predicted octanol–water partition coefficient (Wildman–Crippen LogP) is 2.14. The van der Waals surface area contributed by atoms with Crippen LogP contribution in [-0.4, -0.2) is 28.4 Å². The van der Waals surface area contributed by atoms with Gasteiger partial charge in [0, 0.05) is 17.7 Å². The Balaban J connectivity index is 2.01. The first-order valence-corrected chi connectivity index (χ1v) is 6.69. The molecule has 0 fully saturated rings. The number of carbonyl (C=O) groups excluding carboxylic acids is 2. The second-order valence-corrected chi connectivity index (χ2v) is 4.80. The van der Waals surface area contributed by atoms with Crippen LogP contribution in [0.15, 0.2) is 43.0 Å². The third-order valence-electron chi connectivity index (χ3n) is 2.81. The molecule has 0 radical (unpaired) electrons. The summed E-state index contributed by atoms with van der Waals surface area (Å²) in [5, 5.41) is 9.98. The number of ketones is 1. The average Bonchev–Trinajstić information content (AvgIpc) is 2.93. The second kappa shape index (κ2) is 6.85. The number of rotatable bonds is 6. The van der Waals surface area contributed by atoms with E-state index < -0.39 is 0 Å². The van der Waals surface area contributed by atoms with Crippen molar-refractivity contribution < 1.29 is 9.59 Å². The molecule has 108 valence electrons. The minimum Gasteiger partial charge on any atom is -0.345 e. The van der Waals surface area contributed by atoms with E-state index in [4.69, 9.17) is 11.6 Å². The third kappa shape index (κ3) is 4.03. The SMILES string of the molecule is C=CC(=O)NCC(=O)Cc1cc(-c2ccccc2Cl)n[nH]1. The summed E-state index contributed by atoms with van der Waals surface area (Å²) in [6, 6.07) is 9.11. The fraction of sp³-hybridized carbons (Fsp3) is 0.133. The smallest absolute Gasteiger partial charge is 0.243 e. The Labute approximate surface area is 127 Å². The van der Waals surface area contributed by atoms with Crippen molar-refractivity contribution in [2.45, 2.75) is 6.42 Å². The Morgan fingerprint density at radius 3 is 2.86 bits per heavy atom. The standard InChI is InChI=1S/C15H14ClN3O2/c1-2-15(21)17-9-11(20)7-10-8-14(19-18-10)12-5-3-4-6-13(12)16/h2-6,8H,1,7,9H2,(H,17,21)(H,18,19). The molecule has 0 saturated carbocycles. The molecule has 1 aromatic carbocycles. The number of benzene rings is 1. The largest absolute Gasteiger partial charge is 0.345 e. The zero-order valence-corrected chi connectivity index (χ0v) is 12.0. The molecule has 2 aromatic rings. The molecule has 0 aliphatic heterocycles. The van der Waals surface area contributed by atoms with Gasteiger partial charge in [0.05, 0.1) is 17.3 Å². The number of hydrogen-bond donors (Lipinski definition) is 2. The van der Waals surface area contributed by atoms with Crippen LogP contribution < -0.4 is 5.32 Å². The molecule has 1 amide bonds. The van der Waals surface area contributed by atoms with Gasteiger partial charge < -0.3 is 5.32 Å². The maximum Gasteiger partial charge on any atom is 0.243 e. The van der Waals surface area contributed by atoms with E-state index in [1.807, 2.05) is 18.2 Å². The van der Waals surface area contributed by atoms with Gasteiger partial charge in [0.15, 0.2) is 5.78 Å². The van der Waals surface area contributed by atoms with Crippen LogP contribution in [0.5, 0.6) is 0 Å². The van der Waals surface area contributed by atoms with E-state index in [9.17, 15) is 9.59 Å². The number of Topliss-reactive ketones (excluding diaryl/α,β-unsaturated/α-hetero) is 1. The van der Waals surface area contributed by atoms with Crippen molar-refractivity contribution in [2.75, 3.05) is 6.54 Å². The molecule has 1 heterocycles. The number of aromatic nitrogens is 2. The summed E-state index contributed by atoms with van der Waals surface area (Å²) in [5.74, 6) is -0.496. The van der Waals surface area contributed by atoms with Crippen LogP contribution in [0, 0.1) is 0 Å². The molecule has 0 saturated heterocycles. The Hall–Kier alpha value is -2.40. The number of hydrogen-bond acceptors (Lipinski definition) is 3. The van der Waals surface area contributed by atoms with Gasteiger partial charge in [0.25, 0.3) is 0 Å². The molecular formula is C15H14ClN3O2. The first kappa shape index (κ1) is 15.0. The summed E-state index contributed by atoms with van der Waals surface area (Å²) in [4.78, 5) is 22.7. The second-order valence-electron chi connectivity index (χ2n) is 4.40. The van der Waals surface area contributed by atoms with Gasteiger partial charge in [-0.2, -0.15) is 5.10 Å². The zero-order chi connectivity index (χ0) is 15.2. The number of nitrogens with one attached hydrogen (secondary N) is 2. The van der Waals surface area contributed by atoms with Crippen molar-refractivity contribution in [3.8, 4) is 11.3 Å². The highest BCUT2D eigenvalue weighted by atomic mass is 35.5. The first-order chi connectivity index (χ1) is 10.1. The molecule has 0 aliphatic rings. The van der Waals surface area contributed by atoms with Crippen molar-refractivity contribution in [2.24, 2.45) is 0 Å². The fourth-order valence-corrected chi connectivity index (χ4v) is 2.02. The lowest BCUT2D eigenvalue weighted by molar-refractivity contribution is -0.122. The molecule has 1 aromatic heterocycles. The Bertz CT molecular complexity index is 679. The Morgan fingerprint density at radius 1 is 1.38 bits per heavy atom. The van der Waals surface area contributed by atoms with Crippen LogP contribution in [0.3, 0.4) is 0 Å². The fourth-order valence-electron chi connectivity index (χ4n) is 1.79. The molecule has 5 nitrogen and oxygen atoms in total. The number of H-pyrrole nitrogens is 1. The highest BCUT2D eigenvalue weighted by Gasteiger charge is 2.10. The van der Waals surface area contributed by atoms with Crippen molar-refractivity contribution >= 4 is 23.3 Å². The number of nitrogens with zero attached hydrogens (tertiary/aromatic N) is 1. The molecule has 6 heteroatoms. The normalized spacial score (nSPS) is 10.1. The number of carbonyl (C=O) groups is 2. The quantitative estimate of drug-likeness (QED) is 0.803. The Morgan fingerprint density at radius 2 is 2.14 bits per heavy atom. The molecule has 21 heavy (non-hydrogen) atoms. The summed E-state index contributed by atoms with van der Waals surface area (Å²) >= 11 is 6.10. The van der Waals surface area contributed by atoms with Gasteiger partial charge in [0.1, 0.15) is 0 Å². The molecular weight excluding hydrogens is 290 g/mol. The van der Waals surface area contributed by atoms with Crippen molar-refractivity contribution in [1.29, 1.82) is 0 Å². The van der Waals surface area contributed by atoms with E-state index in [1.54, 1.807) is 12.1 Å². The van der Waals surface area contributed by atoms with E-state index in [-0.39, 0.29) is 24.7 Å². The van der Waals surface area contributed by atoms with E-state index in [0.29, 0.717) is 16.4 Å². The lowest BCUT2D eigenvalue weighted by Crippen LogP contribution is -2.28. The number of amides is 1. The maximum atomic E-state index is 11.7. The van der Waals surface area contributed by atoms with Crippen LogP contribution in [-0.2, 0) is 16.0 Å². The first-order valence-electron chi connectivity index (χ1n) is 6.31. The highest BCUT2D eigenvalue weighted by Crippen LogP contribution is 2.26. The molecule has 0 spiro atoms. The van der Waals surface area contributed by atoms with Gasteiger partial charge in [-0.3, -0.25) is 14.7 Å². The van der Waals surface area contributed by atoms with Crippen LogP contribution >= 0.6 is 11.6 Å². The molecule has 0 bridgehead atoms. The number of halogens is 1. The van der Waals surface area contributed by atoms with Crippen LogP contribution in [0.2, 0.25) is 5.02 Å². The monoisotopic (exact) mass is 303 g/mol. The van der Waals surface area contributed by atoms with Crippen LogP contribution in [0.25, 0.3) is 11.3 Å². The highest BCUT2D eigenvalue weighted by molar-refractivity contribution is 6.33. The summed E-state index contributed by atoms with van der Waals surface area (Å²) in [6.45, 7) is 3.28. The minimum absolute atomic E-state index is 0.0364. The van der Waals surface area contributed by atoms with Crippen molar-refractivity contribution in [1.82, 2.24) is 15.5 Å². The number of aromatic amines is 1. The van der Waals surface area contributed by atoms with Crippen molar-refractivity contribution in [3.05, 3.63) is 53.7 Å². The van der Waals surface area contributed by atoms with Crippen LogP contribution in [0.4, 0.5) is 0 Å². The van der Waals surface area contributed by atoms with Gasteiger partial charge in [0.2, 0.25) is 5.91 Å². The van der Waals surface area contributed by atoms with Gasteiger partial charge in [-0.05, 0) is 18.2 Å². The van der Waals surface area contributed by atoms with E-state index in [2.05, 4.69) is 22.1 Å². The molecule has 0 unspecified atom stereocenters. The summed E-state index contributed by atoms with van der Waals surface area (Å²) < 4.78 is 0. The molecule has 0 atom stereocenters. The van der Waals surface area contributed by atoms with Gasteiger partial charge in [-0.25, -0.2) is 0 Å². The van der Waals surface area contributed by atoms with Crippen molar-refractivity contribution in [3.63, 3.8) is 0 Å². The summed E-state index contributed by atoms with van der Waals surface area (Å²) in [5.41, 5.74) is 2.15. The van der Waals surface area contributed by atoms with E-state index in [1.165, 1.54) is 0 Å². The lowest BCUT2D eigenvalue weighted by Gasteiger charge is -2.00. The molecule has 2 rings (SSSR count).